The highest BCUT2D eigenvalue weighted by Crippen LogP contribution is 2.31. The van der Waals surface area contributed by atoms with Crippen LogP contribution in [0.15, 0.2) is 42.5 Å². The molecule has 1 N–H and O–H groups in total. The molecule has 0 atom stereocenters. The van der Waals surface area contributed by atoms with E-state index in [1.807, 2.05) is 0 Å². The van der Waals surface area contributed by atoms with Gasteiger partial charge < -0.3 is 5.32 Å². The Morgan fingerprint density at radius 2 is 1.73 bits per heavy atom. The molecular weight excluding hydrogens is 182 g/mol. The number of fused-ring (bicyclic) bond motifs is 2. The van der Waals surface area contributed by atoms with Crippen molar-refractivity contribution in [2.75, 3.05) is 5.32 Å². The van der Waals surface area contributed by atoms with Crippen molar-refractivity contribution in [1.82, 2.24) is 0 Å². The van der Waals surface area contributed by atoms with Crippen molar-refractivity contribution in [2.24, 2.45) is 0 Å². The lowest BCUT2D eigenvalue weighted by Gasteiger charge is -2.20. The van der Waals surface area contributed by atoms with Crippen LogP contribution in [0, 0.1) is 6.92 Å². The van der Waals surface area contributed by atoms with E-state index < -0.39 is 0 Å². The van der Waals surface area contributed by atoms with E-state index in [9.17, 15) is 0 Å². The van der Waals surface area contributed by atoms with E-state index in [2.05, 4.69) is 54.7 Å². The summed E-state index contributed by atoms with van der Waals surface area (Å²) in [7, 11) is 0. The summed E-state index contributed by atoms with van der Waals surface area (Å²) in [6, 6.07) is 15.1. The minimum Gasteiger partial charge on any atom is -0.355 e. The summed E-state index contributed by atoms with van der Waals surface area (Å²) in [6.07, 6.45) is 1.13. The molecule has 2 aliphatic carbocycles. The molecule has 0 saturated heterocycles. The molecular formula is C14H13N. The van der Waals surface area contributed by atoms with Crippen molar-refractivity contribution in [3.05, 3.63) is 59.2 Å². The maximum Gasteiger partial charge on any atom is 0.0420 e. The lowest BCUT2D eigenvalue weighted by Crippen LogP contribution is -2.05. The van der Waals surface area contributed by atoms with Crippen molar-refractivity contribution in [2.45, 2.75) is 13.3 Å². The van der Waals surface area contributed by atoms with Crippen molar-refractivity contribution in [3.8, 4) is 0 Å². The molecule has 0 radical (unpaired) electrons. The van der Waals surface area contributed by atoms with Crippen LogP contribution in [-0.4, -0.2) is 0 Å². The van der Waals surface area contributed by atoms with Crippen molar-refractivity contribution < 1.29 is 0 Å². The molecule has 0 aromatic heterocycles. The van der Waals surface area contributed by atoms with Gasteiger partial charge in [-0.2, -0.15) is 0 Å². The van der Waals surface area contributed by atoms with Crippen LogP contribution in [0.2, 0.25) is 0 Å². The van der Waals surface area contributed by atoms with E-state index in [4.69, 9.17) is 0 Å². The highest BCUT2D eigenvalue weighted by Gasteiger charge is 2.12. The van der Waals surface area contributed by atoms with Gasteiger partial charge in [0.25, 0.3) is 0 Å². The Bertz CT molecular complexity index is 493. The van der Waals surface area contributed by atoms with E-state index >= 15 is 0 Å². The van der Waals surface area contributed by atoms with Gasteiger partial charge in [-0.1, -0.05) is 29.8 Å². The van der Waals surface area contributed by atoms with E-state index in [1.54, 1.807) is 0 Å². The predicted octanol–water partition coefficient (Wildman–Crippen LogP) is 3.64. The van der Waals surface area contributed by atoms with Crippen molar-refractivity contribution in [3.63, 3.8) is 0 Å². The zero-order chi connectivity index (χ0) is 10.3. The maximum atomic E-state index is 3.44. The van der Waals surface area contributed by atoms with Crippen LogP contribution in [-0.2, 0) is 6.42 Å². The summed E-state index contributed by atoms with van der Waals surface area (Å²) in [5.74, 6) is 0. The van der Waals surface area contributed by atoms with Gasteiger partial charge in [-0.15, -0.1) is 0 Å². The smallest absolute Gasteiger partial charge is 0.0420 e. The molecule has 0 aliphatic heterocycles. The van der Waals surface area contributed by atoms with Gasteiger partial charge in [0.2, 0.25) is 0 Å². The molecule has 2 aromatic rings. The first-order chi connectivity index (χ1) is 7.31. The van der Waals surface area contributed by atoms with Gasteiger partial charge in [0.05, 0.1) is 0 Å². The molecule has 74 valence electrons. The second-order valence-corrected chi connectivity index (χ2v) is 4.16. The molecule has 2 bridgehead atoms. The molecule has 1 nitrogen and oxygen atoms in total. The molecule has 1 heteroatoms. The SMILES string of the molecule is Cc1ccc(Nc2ccc3cc2C3)cc1. The molecule has 0 fully saturated rings. The third-order valence-electron chi connectivity index (χ3n) is 2.89. The van der Waals surface area contributed by atoms with Crippen LogP contribution in [0.5, 0.6) is 0 Å². The predicted molar refractivity (Wildman–Crippen MR) is 63.7 cm³/mol. The largest absolute Gasteiger partial charge is 0.355 e. The molecule has 0 spiro atoms. The molecule has 2 aromatic carbocycles. The standard InChI is InChI=1S/C14H13N/c1-10-2-5-13(6-3-10)15-14-7-4-11-8-12(14)9-11/h2-8,15H,9H2,1H3. The molecule has 4 rings (SSSR count). The molecule has 0 heterocycles. The third kappa shape index (κ3) is 1.50. The monoisotopic (exact) mass is 195 g/mol. The van der Waals surface area contributed by atoms with Gasteiger partial charge in [-0.25, -0.2) is 0 Å². The van der Waals surface area contributed by atoms with Crippen LogP contribution in [0.25, 0.3) is 0 Å². The van der Waals surface area contributed by atoms with E-state index in [1.165, 1.54) is 22.4 Å². The van der Waals surface area contributed by atoms with Gasteiger partial charge in [0.1, 0.15) is 0 Å². The first kappa shape index (κ1) is 8.54. The molecule has 15 heavy (non-hydrogen) atoms. The van der Waals surface area contributed by atoms with Crippen LogP contribution >= 0.6 is 0 Å². The summed E-state index contributed by atoms with van der Waals surface area (Å²) in [5, 5.41) is 3.44. The van der Waals surface area contributed by atoms with Gasteiger partial charge in [0, 0.05) is 11.4 Å². The Labute approximate surface area is 89.8 Å². The topological polar surface area (TPSA) is 12.0 Å². The summed E-state index contributed by atoms with van der Waals surface area (Å²) >= 11 is 0. The van der Waals surface area contributed by atoms with Crippen LogP contribution < -0.4 is 5.32 Å². The highest BCUT2D eigenvalue weighted by molar-refractivity contribution is 5.67. The second kappa shape index (κ2) is 3.13. The van der Waals surface area contributed by atoms with Crippen LogP contribution in [0.3, 0.4) is 0 Å². The Hall–Kier alpha value is -1.76. The zero-order valence-electron chi connectivity index (χ0n) is 8.75. The summed E-state index contributed by atoms with van der Waals surface area (Å²) in [6.45, 7) is 2.10. The Morgan fingerprint density at radius 3 is 2.33 bits per heavy atom. The number of hydrogen-bond donors (Lipinski definition) is 1. The van der Waals surface area contributed by atoms with Crippen LogP contribution in [0.1, 0.15) is 16.7 Å². The van der Waals surface area contributed by atoms with E-state index in [-0.39, 0.29) is 0 Å². The van der Waals surface area contributed by atoms with E-state index in [0.717, 1.165) is 12.1 Å². The van der Waals surface area contributed by atoms with Gasteiger partial charge >= 0.3 is 0 Å². The fraction of sp³-hybridized carbons (Fsp3) is 0.143. The number of rotatable bonds is 2. The molecule has 0 amide bonds. The third-order valence-corrected chi connectivity index (χ3v) is 2.89. The highest BCUT2D eigenvalue weighted by atomic mass is 14.9. The summed E-state index contributed by atoms with van der Waals surface area (Å²) < 4.78 is 0. The quantitative estimate of drug-likeness (QED) is 0.658. The lowest BCUT2D eigenvalue weighted by molar-refractivity contribution is 1.09. The fourth-order valence-corrected chi connectivity index (χ4v) is 1.91. The average Bonchev–Trinajstić information content (AvgIpc) is 2.21. The van der Waals surface area contributed by atoms with Gasteiger partial charge in [-0.3, -0.25) is 0 Å². The first-order valence-corrected chi connectivity index (χ1v) is 5.27. The lowest BCUT2D eigenvalue weighted by atomic mass is 9.91. The Kier molecular flexibility index (Phi) is 1.78. The molecule has 0 saturated carbocycles. The van der Waals surface area contributed by atoms with Gasteiger partial charge in [-0.05, 0) is 42.7 Å². The Morgan fingerprint density at radius 1 is 1.00 bits per heavy atom. The number of hydrogen-bond acceptors (Lipinski definition) is 1. The van der Waals surface area contributed by atoms with Crippen LogP contribution in [0.4, 0.5) is 11.4 Å². The van der Waals surface area contributed by atoms with Crippen molar-refractivity contribution in [1.29, 1.82) is 0 Å². The minimum atomic E-state index is 1.13. The summed E-state index contributed by atoms with van der Waals surface area (Å²) in [5.41, 5.74) is 6.57. The number of aryl methyl sites for hydroxylation is 1. The Balaban J connectivity index is 1.87. The molecule has 2 aliphatic rings. The second-order valence-electron chi connectivity index (χ2n) is 4.16. The zero-order valence-corrected chi connectivity index (χ0v) is 8.75. The minimum absolute atomic E-state index is 1.13. The van der Waals surface area contributed by atoms with E-state index in [0.29, 0.717) is 0 Å². The maximum absolute atomic E-state index is 3.44. The average molecular weight is 195 g/mol. The van der Waals surface area contributed by atoms with Crippen molar-refractivity contribution >= 4 is 11.4 Å². The fourth-order valence-electron chi connectivity index (χ4n) is 1.91. The van der Waals surface area contributed by atoms with Gasteiger partial charge in [0.15, 0.2) is 0 Å². The normalized spacial score (nSPS) is 12.1. The number of anilines is 2. The summed E-state index contributed by atoms with van der Waals surface area (Å²) in [4.78, 5) is 0. The number of nitrogens with one attached hydrogen (secondary N) is 1. The first-order valence-electron chi connectivity index (χ1n) is 5.27. The number of benzene rings is 2. The molecule has 0 unspecified atom stereocenters.